The van der Waals surface area contributed by atoms with Crippen molar-refractivity contribution in [1.29, 1.82) is 0 Å². The van der Waals surface area contributed by atoms with E-state index in [1.54, 1.807) is 0 Å². The number of benzene rings is 11. The van der Waals surface area contributed by atoms with Crippen LogP contribution in [0, 0.1) is 0 Å². The van der Waals surface area contributed by atoms with Crippen LogP contribution >= 0.6 is 0 Å². The summed E-state index contributed by atoms with van der Waals surface area (Å²) in [6.07, 6.45) is 0. The number of para-hydroxylation sites is 1. The molecule has 12 rings (SSSR count). The highest BCUT2D eigenvalue weighted by Crippen LogP contribution is 2.47. The van der Waals surface area contributed by atoms with Gasteiger partial charge in [0.05, 0.1) is 46.6 Å². The fourth-order valence-corrected chi connectivity index (χ4v) is 6.97. The lowest BCUT2D eigenvalue weighted by molar-refractivity contribution is 0.670. The summed E-state index contributed by atoms with van der Waals surface area (Å²) < 4.78 is 317. The molecule has 0 amide bonds. The second-order valence-electron chi connectivity index (χ2n) is 12.5. The molecule has 0 aliphatic rings. The molecule has 0 bridgehead atoms. The molecule has 12 aromatic rings. The van der Waals surface area contributed by atoms with Gasteiger partial charge in [-0.05, 0) is 117 Å². The largest absolute Gasteiger partial charge is 0.455 e. The van der Waals surface area contributed by atoms with Crippen molar-refractivity contribution >= 4 is 75.8 Å². The second-order valence-corrected chi connectivity index (χ2v) is 12.5. The molecule has 0 N–H and O–H groups in total. The van der Waals surface area contributed by atoms with Crippen LogP contribution in [-0.2, 0) is 0 Å². The van der Waals surface area contributed by atoms with E-state index in [1.165, 1.54) is 0 Å². The smallest absolute Gasteiger partial charge is 0.143 e. The summed E-state index contributed by atoms with van der Waals surface area (Å²) in [6, 6.07) is -33.5. The van der Waals surface area contributed by atoms with Gasteiger partial charge in [-0.2, -0.15) is 0 Å². The molecule has 0 saturated carbocycles. The van der Waals surface area contributed by atoms with Gasteiger partial charge < -0.3 is 4.42 Å². The Balaban J connectivity index is 1.28. The van der Waals surface area contributed by atoms with Crippen LogP contribution in [0.3, 0.4) is 0 Å². The number of hydrogen-bond donors (Lipinski definition) is 0. The lowest BCUT2D eigenvalue weighted by Crippen LogP contribution is -1.92. The summed E-state index contributed by atoms with van der Waals surface area (Å²) in [5.74, 6) is 0. The lowest BCUT2D eigenvalue weighted by atomic mass is 9.84. The van der Waals surface area contributed by atoms with Crippen molar-refractivity contribution in [3.8, 4) is 44.5 Å². The van der Waals surface area contributed by atoms with Gasteiger partial charge in [0.1, 0.15) is 11.2 Å². The summed E-state index contributed by atoms with van der Waals surface area (Å²) in [7, 11) is 0. The first kappa shape index (κ1) is 13.0. The van der Waals surface area contributed by atoms with Crippen LogP contribution in [0.15, 0.2) is 210 Å². The third-order valence-electron chi connectivity index (χ3n) is 9.44. The first-order valence-corrected chi connectivity index (χ1v) is 16.9. The number of hydrogen-bond acceptors (Lipinski definition) is 1. The van der Waals surface area contributed by atoms with Gasteiger partial charge in [-0.25, -0.2) is 0 Å². The molecule has 1 heterocycles. The summed E-state index contributed by atoms with van der Waals surface area (Å²) >= 11 is 0. The topological polar surface area (TPSA) is 13.1 Å². The maximum atomic E-state index is 9.83. The fraction of sp³-hybridized carbons (Fsp3) is 0. The minimum absolute atomic E-state index is 0.549. The van der Waals surface area contributed by atoms with E-state index in [1.807, 2.05) is 0 Å². The van der Waals surface area contributed by atoms with Crippen molar-refractivity contribution in [2.45, 2.75) is 0 Å². The molecule has 0 spiro atoms. The van der Waals surface area contributed by atoms with Crippen molar-refractivity contribution in [3.63, 3.8) is 0 Å². The molecular formula is C56H34O. The minimum atomic E-state index is -1.16. The first-order valence-electron chi connectivity index (χ1n) is 33.9. The van der Waals surface area contributed by atoms with Crippen molar-refractivity contribution in [3.05, 3.63) is 205 Å². The lowest BCUT2D eigenvalue weighted by Gasteiger charge is -2.19. The van der Waals surface area contributed by atoms with Gasteiger partial charge in [-0.1, -0.05) is 181 Å². The van der Waals surface area contributed by atoms with Crippen LogP contribution in [0.2, 0.25) is 0 Å². The summed E-state index contributed by atoms with van der Waals surface area (Å²) in [4.78, 5) is 0. The van der Waals surface area contributed by atoms with E-state index in [4.69, 9.17) is 29.1 Å². The number of furan rings is 1. The van der Waals surface area contributed by atoms with Crippen molar-refractivity contribution < 1.29 is 51.0 Å². The fourth-order valence-electron chi connectivity index (χ4n) is 6.97. The van der Waals surface area contributed by atoms with Gasteiger partial charge in [0.25, 0.3) is 0 Å². The van der Waals surface area contributed by atoms with Crippen LogP contribution < -0.4 is 0 Å². The summed E-state index contributed by atoms with van der Waals surface area (Å²) in [5.41, 5.74) is -8.13. The molecule has 0 fully saturated rings. The van der Waals surface area contributed by atoms with Gasteiger partial charge in [-0.15, -0.1) is 0 Å². The molecule has 1 aromatic heterocycles. The van der Waals surface area contributed by atoms with Crippen LogP contribution in [-0.4, -0.2) is 0 Å². The van der Waals surface area contributed by atoms with Crippen LogP contribution in [0.5, 0.6) is 0 Å². The van der Waals surface area contributed by atoms with Crippen molar-refractivity contribution in [2.75, 3.05) is 0 Å². The molecule has 1 heteroatoms. The van der Waals surface area contributed by atoms with E-state index in [0.29, 0.717) is 0 Å². The zero-order valence-corrected chi connectivity index (χ0v) is 28.4. The molecule has 0 atom stereocenters. The first-order chi connectivity index (χ1) is 42.4. The molecule has 0 aliphatic heterocycles. The average Bonchev–Trinajstić information content (AvgIpc) is 1.20. The molecule has 0 radical (unpaired) electrons. The zero-order valence-electron chi connectivity index (χ0n) is 62.4. The maximum absolute atomic E-state index is 9.83. The maximum Gasteiger partial charge on any atom is 0.143 e. The molecular weight excluding hydrogens is 689 g/mol. The third-order valence-corrected chi connectivity index (χ3v) is 9.44. The van der Waals surface area contributed by atoms with Gasteiger partial charge in [0.2, 0.25) is 0 Å². The predicted molar refractivity (Wildman–Crippen MR) is 243 cm³/mol. The standard InChI is InChI=1S/C56H34O/c1-3-14-37-32-39(28-26-35(37)12-1)43-21-10-25-52-46-31-30-40(34-53(46)57-56(43)52)42-20-9-23-45-44(42)22-11-24-47(45)55-50-18-7-5-16-48(50)54(49-17-6-8-19-51(49)55)41-29-27-36-13-2-4-15-38(36)33-41/h1-34H/i1D,2D,3D,4D,5D,6D,7D,8D,9D,10D,11D,12D,13D,14D,15D,16D,17D,18D,19D,20D,21D,22D,23D,24D,25D,26D,27D,28D,29D,30D,31D,32D,33D,34D. The van der Waals surface area contributed by atoms with Gasteiger partial charge in [0, 0.05) is 16.3 Å². The van der Waals surface area contributed by atoms with E-state index >= 15 is 0 Å². The molecule has 1 nitrogen and oxygen atoms in total. The van der Waals surface area contributed by atoms with E-state index in [0.717, 1.165) is 0 Å². The quantitative estimate of drug-likeness (QED) is 0.163. The molecule has 57 heavy (non-hydrogen) atoms. The van der Waals surface area contributed by atoms with Gasteiger partial charge in [-0.3, -0.25) is 0 Å². The Morgan fingerprint density at radius 1 is 0.281 bits per heavy atom. The number of fused-ring (bicyclic) bond motifs is 8. The normalized spacial score (nSPS) is 20.2. The van der Waals surface area contributed by atoms with E-state index in [-0.39, 0.29) is 0 Å². The van der Waals surface area contributed by atoms with Crippen LogP contribution in [0.1, 0.15) is 46.6 Å². The highest BCUT2D eigenvalue weighted by Gasteiger charge is 2.20. The monoisotopic (exact) mass is 756 g/mol. The van der Waals surface area contributed by atoms with Crippen molar-refractivity contribution in [2.24, 2.45) is 0 Å². The van der Waals surface area contributed by atoms with E-state index < -0.39 is 326 Å². The molecule has 264 valence electrons. The summed E-state index contributed by atoms with van der Waals surface area (Å²) in [5, 5.41) is -8.69. The molecule has 0 aliphatic carbocycles. The minimum Gasteiger partial charge on any atom is -0.455 e. The second kappa shape index (κ2) is 12.5. The Morgan fingerprint density at radius 2 is 0.737 bits per heavy atom. The van der Waals surface area contributed by atoms with E-state index in [9.17, 15) is 21.9 Å². The Morgan fingerprint density at radius 3 is 1.40 bits per heavy atom. The Hall–Kier alpha value is -7.48. The molecule has 0 unspecified atom stereocenters. The van der Waals surface area contributed by atoms with Gasteiger partial charge in [0.15, 0.2) is 0 Å². The van der Waals surface area contributed by atoms with Gasteiger partial charge >= 0.3 is 0 Å². The SMILES string of the molecule is [2H]c1c([2H])c([2H])c2c(oc3c([2H])c(-c4c([2H])c([2H])c([2H])c5c(-c6c7c([2H])c([2H])c([2H])c([2H])c7c(-c7c([2H])c([2H])c8c([2H])c([2H])c([2H])c([2H])c8c7[2H])c7c([2H])c([2H])c([2H])c([2H])c67)c([2H])c([2H])c([2H])c45)c([2H])c([2H])c32)c1-c1c([2H])c([2H])c2c([2H])c([2H])c([2H])c([2H])c2c1[2H]. The summed E-state index contributed by atoms with van der Waals surface area (Å²) in [6.45, 7) is 0. The van der Waals surface area contributed by atoms with Crippen LogP contribution in [0.25, 0.3) is 120 Å². The Bertz CT molecular complexity index is 5490. The third kappa shape index (κ3) is 4.96. The van der Waals surface area contributed by atoms with Crippen LogP contribution in [0.4, 0.5) is 0 Å². The van der Waals surface area contributed by atoms with Crippen molar-refractivity contribution in [1.82, 2.24) is 0 Å². The Labute approximate surface area is 377 Å². The Kier molecular flexibility index (Phi) is 2.87. The van der Waals surface area contributed by atoms with E-state index in [2.05, 4.69) is 0 Å². The zero-order chi connectivity index (χ0) is 67.0. The average molecular weight is 757 g/mol. The highest BCUT2D eigenvalue weighted by molar-refractivity contribution is 6.24. The highest BCUT2D eigenvalue weighted by atomic mass is 16.3. The predicted octanol–water partition coefficient (Wildman–Crippen LogP) is 16.0. The number of rotatable bonds is 4. The molecule has 11 aromatic carbocycles. The molecule has 0 saturated heterocycles.